The Hall–Kier alpha value is -16.1. The molecule has 6 nitrogen and oxygen atoms in total. The van der Waals surface area contributed by atoms with Crippen LogP contribution in [0.5, 0.6) is 0 Å². The van der Waals surface area contributed by atoms with E-state index in [0.717, 1.165) is 145 Å². The summed E-state index contributed by atoms with van der Waals surface area (Å²) < 4.78 is 14.1. The van der Waals surface area contributed by atoms with Crippen molar-refractivity contribution < 1.29 is 8.83 Å². The van der Waals surface area contributed by atoms with Gasteiger partial charge in [0.25, 0.3) is 0 Å². The molecule has 7 heteroatoms. The maximum atomic E-state index is 7.06. The molecule has 129 heavy (non-hydrogen) atoms. The van der Waals surface area contributed by atoms with Gasteiger partial charge >= 0.3 is 0 Å². The third-order valence-corrected chi connectivity index (χ3v) is 28.4. The summed E-state index contributed by atoms with van der Waals surface area (Å²) >= 11 is 0. The van der Waals surface area contributed by atoms with Crippen LogP contribution in [0.25, 0.3) is 142 Å². The zero-order valence-electron chi connectivity index (χ0n) is 72.4. The Balaban J connectivity index is 0.000000148. The quantitative estimate of drug-likeness (QED) is 0.0709. The standard InChI is InChI=1S/C65H46N2O.C57H44N2OSi/c1-65(2)59-39-44(31-35-53(59)54-37-33-50(42-60(54)65)66(46-21-9-4-10-22-46)47-23-11-5-12-24-47)45-32-36-57-62(40-45)68-64-56-38-34-49(41-58(56)52-28-15-16-29-55(52)63(57)64)67(48-25-13-6-14-26-48)61-30-18-17-27-51(61)43-19-7-3-8-20-43;1-61(2,3)45-31-28-43(29-32-45)59(42-21-11-6-12-22-42)54-36-35-46(47-23-13-15-25-49(47)54)39-27-33-52-55(37-39)60-57-51-34-30-44(38-53(51)48-24-14-16-26-50(48)56(52)57)58(40-17-7-4-8-18-40)41-19-9-5-10-20-41/h3-42H,1-2H3;4-38H,1-3H3. The van der Waals surface area contributed by atoms with E-state index in [1.807, 2.05) is 0 Å². The minimum Gasteiger partial charge on any atom is -0.455 e. The van der Waals surface area contributed by atoms with E-state index < -0.39 is 8.07 Å². The van der Waals surface area contributed by atoms with Crippen molar-refractivity contribution in [2.45, 2.75) is 38.9 Å². The van der Waals surface area contributed by atoms with Crippen LogP contribution in [0, 0.1) is 0 Å². The minimum absolute atomic E-state index is 0.213. The van der Waals surface area contributed by atoms with Crippen LogP contribution in [0.15, 0.2) is 464 Å². The highest BCUT2D eigenvalue weighted by Crippen LogP contribution is 2.55. The third kappa shape index (κ3) is 13.6. The lowest BCUT2D eigenvalue weighted by molar-refractivity contribution is 0.660. The van der Waals surface area contributed by atoms with Crippen molar-refractivity contribution in [2.24, 2.45) is 0 Å². The molecule has 21 aromatic carbocycles. The van der Waals surface area contributed by atoms with Gasteiger partial charge < -0.3 is 28.4 Å². The summed E-state index contributed by atoms with van der Waals surface area (Å²) in [5.74, 6) is 0. The van der Waals surface area contributed by atoms with Gasteiger partial charge in [0.15, 0.2) is 0 Å². The first kappa shape index (κ1) is 77.7. The van der Waals surface area contributed by atoms with Crippen LogP contribution in [0.3, 0.4) is 0 Å². The van der Waals surface area contributed by atoms with Gasteiger partial charge in [0.05, 0.1) is 19.4 Å². The number of nitrogens with zero attached hydrogens (tertiary/aromatic N) is 4. The average Bonchev–Trinajstić information content (AvgIpc) is 1.60. The number of benzene rings is 21. The van der Waals surface area contributed by atoms with Crippen LogP contribution in [-0.4, -0.2) is 8.07 Å². The summed E-state index contributed by atoms with van der Waals surface area (Å²) in [4.78, 5) is 9.45. The maximum Gasteiger partial charge on any atom is 0.143 e. The molecular formula is C122H90N4O2Si. The number of hydrogen-bond acceptors (Lipinski definition) is 6. The summed E-state index contributed by atoms with van der Waals surface area (Å²) in [6.45, 7) is 11.9. The number of hydrogen-bond donors (Lipinski definition) is 0. The van der Waals surface area contributed by atoms with E-state index in [1.54, 1.807) is 0 Å². The lowest BCUT2D eigenvalue weighted by Gasteiger charge is -2.28. The molecule has 2 aromatic heterocycles. The van der Waals surface area contributed by atoms with Crippen molar-refractivity contribution in [3.8, 4) is 44.5 Å². The van der Waals surface area contributed by atoms with Crippen LogP contribution >= 0.6 is 0 Å². The fourth-order valence-corrected chi connectivity index (χ4v) is 21.3. The van der Waals surface area contributed by atoms with E-state index in [0.29, 0.717) is 0 Å². The zero-order valence-corrected chi connectivity index (χ0v) is 73.4. The molecule has 24 rings (SSSR count). The van der Waals surface area contributed by atoms with Crippen molar-refractivity contribution in [3.05, 3.63) is 466 Å². The van der Waals surface area contributed by atoms with Gasteiger partial charge in [-0.05, 0) is 264 Å². The van der Waals surface area contributed by atoms with Gasteiger partial charge in [0.1, 0.15) is 22.3 Å². The number of fused-ring (bicyclic) bond motifs is 20. The van der Waals surface area contributed by atoms with Gasteiger partial charge in [-0.2, -0.15) is 0 Å². The van der Waals surface area contributed by atoms with Crippen molar-refractivity contribution in [3.63, 3.8) is 0 Å². The lowest BCUT2D eigenvalue weighted by atomic mass is 9.81. The molecule has 0 bridgehead atoms. The molecule has 0 saturated heterocycles. The van der Waals surface area contributed by atoms with Crippen molar-refractivity contribution in [1.82, 2.24) is 0 Å². The first-order valence-electron chi connectivity index (χ1n) is 44.6. The monoisotopic (exact) mass is 1670 g/mol. The van der Waals surface area contributed by atoms with Gasteiger partial charge in [0.2, 0.25) is 0 Å². The first-order chi connectivity index (χ1) is 63.4. The van der Waals surface area contributed by atoms with Gasteiger partial charge in [-0.15, -0.1) is 0 Å². The second-order valence-corrected chi connectivity index (χ2v) is 40.5. The van der Waals surface area contributed by atoms with Crippen molar-refractivity contribution in [2.75, 3.05) is 19.6 Å². The smallest absolute Gasteiger partial charge is 0.143 e. The Morgan fingerprint density at radius 3 is 1.05 bits per heavy atom. The van der Waals surface area contributed by atoms with E-state index in [4.69, 9.17) is 8.83 Å². The maximum absolute atomic E-state index is 7.06. The zero-order chi connectivity index (χ0) is 86.4. The highest BCUT2D eigenvalue weighted by molar-refractivity contribution is 6.88. The molecule has 0 unspecified atom stereocenters. The van der Waals surface area contributed by atoms with E-state index in [2.05, 4.69) is 508 Å². The second-order valence-electron chi connectivity index (χ2n) is 35.4. The summed E-state index contributed by atoms with van der Waals surface area (Å²) in [5, 5.41) is 17.7. The summed E-state index contributed by atoms with van der Waals surface area (Å²) in [7, 11) is -1.45. The van der Waals surface area contributed by atoms with E-state index in [-0.39, 0.29) is 5.41 Å². The summed E-state index contributed by atoms with van der Waals surface area (Å²) in [6, 6.07) is 165. The van der Waals surface area contributed by atoms with Crippen molar-refractivity contribution >= 4 is 179 Å². The molecule has 0 aliphatic heterocycles. The molecule has 0 amide bonds. The average molecular weight is 1670 g/mol. The number of rotatable bonds is 16. The molecule has 0 N–H and O–H groups in total. The van der Waals surface area contributed by atoms with Crippen molar-refractivity contribution in [1.29, 1.82) is 0 Å². The molecule has 2 heterocycles. The highest BCUT2D eigenvalue weighted by atomic mass is 28.3. The molecule has 23 aromatic rings. The molecule has 0 radical (unpaired) electrons. The molecule has 1 aliphatic rings. The Morgan fingerprint density at radius 1 is 0.202 bits per heavy atom. The molecule has 1 aliphatic carbocycles. The van der Waals surface area contributed by atoms with Crippen LogP contribution in [0.4, 0.5) is 68.2 Å². The van der Waals surface area contributed by atoms with Crippen LogP contribution in [0.1, 0.15) is 25.0 Å². The van der Waals surface area contributed by atoms with Crippen LogP contribution < -0.4 is 24.8 Å². The number of para-hydroxylation sites is 7. The molecule has 614 valence electrons. The predicted molar refractivity (Wildman–Crippen MR) is 551 cm³/mol. The fraction of sp³-hybridized carbons (Fsp3) is 0.0492. The van der Waals surface area contributed by atoms with Gasteiger partial charge in [0, 0.05) is 106 Å². The molecule has 0 atom stereocenters. The minimum atomic E-state index is -1.45. The Bertz CT molecular complexity index is 8160. The molecule has 0 fully saturated rings. The SMILES string of the molecule is CC1(C)c2cc(-c3ccc4c(c3)oc3c5ccc(N(c6ccccc6)c6ccccc6-c6ccccc6)cc5c5ccccc5c43)ccc2-c2ccc(N(c3ccccc3)c3ccccc3)cc21.C[Si](C)(C)c1ccc(N(c2ccccc2)c2ccc(-c3ccc4c(c3)oc3c5ccc(N(c6ccccc6)c6ccccc6)cc5c5ccccc5c43)c3ccccc23)cc1. The normalized spacial score (nSPS) is 12.3. The van der Waals surface area contributed by atoms with Crippen LogP contribution in [0.2, 0.25) is 19.6 Å². The van der Waals surface area contributed by atoms with E-state index in [1.165, 1.54) is 82.0 Å². The Kier molecular flexibility index (Phi) is 19.2. The summed E-state index contributed by atoms with van der Waals surface area (Å²) in [6.07, 6.45) is 0. The molecule has 0 saturated carbocycles. The first-order valence-corrected chi connectivity index (χ1v) is 48.1. The lowest BCUT2D eigenvalue weighted by Crippen LogP contribution is -2.37. The van der Waals surface area contributed by atoms with Gasteiger partial charge in [-0.25, -0.2) is 0 Å². The van der Waals surface area contributed by atoms with E-state index >= 15 is 0 Å². The Morgan fingerprint density at radius 2 is 0.543 bits per heavy atom. The number of anilines is 12. The second kappa shape index (κ2) is 31.9. The largest absolute Gasteiger partial charge is 0.455 e. The van der Waals surface area contributed by atoms with E-state index in [9.17, 15) is 0 Å². The molecule has 0 spiro atoms. The predicted octanol–water partition coefficient (Wildman–Crippen LogP) is 34.7. The molecular weight excluding hydrogens is 1580 g/mol. The van der Waals surface area contributed by atoms with Gasteiger partial charge in [-0.1, -0.05) is 318 Å². The highest BCUT2D eigenvalue weighted by Gasteiger charge is 2.37. The number of furan rings is 2. The summed E-state index contributed by atoms with van der Waals surface area (Å²) in [5.41, 5.74) is 29.0. The van der Waals surface area contributed by atoms with Gasteiger partial charge in [-0.3, -0.25) is 0 Å². The third-order valence-electron chi connectivity index (χ3n) is 26.4. The topological polar surface area (TPSA) is 39.2 Å². The van der Waals surface area contributed by atoms with Crippen LogP contribution in [-0.2, 0) is 5.41 Å². The Labute approximate surface area is 752 Å². The fourth-order valence-electron chi connectivity index (χ4n) is 20.1.